The molecule has 1 fully saturated rings. The van der Waals surface area contributed by atoms with Crippen LogP contribution in [0.25, 0.3) is 0 Å². The van der Waals surface area contributed by atoms with Gasteiger partial charge in [-0.3, -0.25) is 0 Å². The fourth-order valence-corrected chi connectivity index (χ4v) is 2.79. The van der Waals surface area contributed by atoms with E-state index in [9.17, 15) is 4.39 Å². The molecule has 108 valence electrons. The van der Waals surface area contributed by atoms with Crippen LogP contribution in [0.1, 0.15) is 18.4 Å². The number of nitrogens with zero attached hydrogens (tertiary/aromatic N) is 1. The molecule has 1 heterocycles. The third-order valence-electron chi connectivity index (χ3n) is 3.65. The zero-order chi connectivity index (χ0) is 13.0. The van der Waals surface area contributed by atoms with Gasteiger partial charge in [-0.1, -0.05) is 17.7 Å². The molecule has 19 heavy (non-hydrogen) atoms. The lowest BCUT2D eigenvalue weighted by atomic mass is 10.0. The molecule has 1 aromatic rings. The minimum Gasteiger partial charge on any atom is -0.316 e. The van der Waals surface area contributed by atoms with Crippen molar-refractivity contribution in [3.05, 3.63) is 34.6 Å². The van der Waals surface area contributed by atoms with Gasteiger partial charge in [-0.2, -0.15) is 0 Å². The molecule has 0 bridgehead atoms. The van der Waals surface area contributed by atoms with Crippen molar-refractivity contribution in [1.29, 1.82) is 0 Å². The Kier molecular flexibility index (Phi) is 7.08. The predicted octanol–water partition coefficient (Wildman–Crippen LogP) is 3.13. The van der Waals surface area contributed by atoms with Gasteiger partial charge in [0.1, 0.15) is 5.82 Å². The van der Waals surface area contributed by atoms with E-state index in [-0.39, 0.29) is 18.2 Å². The first-order valence-electron chi connectivity index (χ1n) is 6.53. The van der Waals surface area contributed by atoms with Gasteiger partial charge in [0.15, 0.2) is 0 Å². The standard InChI is InChI=1S/C14H20ClFN2.ClH/c1-17-11-4-3-8-18(10-11)9-7-12-13(15)5-2-6-14(12)16;/h2,5-6,11,17H,3-4,7-10H2,1H3;1H. The SMILES string of the molecule is CNC1CCCN(CCc2c(F)cccc2Cl)C1.Cl. The summed E-state index contributed by atoms with van der Waals surface area (Å²) in [6, 6.07) is 5.45. The number of rotatable bonds is 4. The van der Waals surface area contributed by atoms with Gasteiger partial charge in [0, 0.05) is 29.7 Å². The quantitative estimate of drug-likeness (QED) is 0.919. The molecular weight excluding hydrogens is 286 g/mol. The van der Waals surface area contributed by atoms with E-state index in [0.717, 1.165) is 19.6 Å². The molecule has 1 aromatic carbocycles. The first-order valence-corrected chi connectivity index (χ1v) is 6.91. The fraction of sp³-hybridized carbons (Fsp3) is 0.571. The molecule has 0 spiro atoms. The highest BCUT2D eigenvalue weighted by Crippen LogP contribution is 2.20. The van der Waals surface area contributed by atoms with Crippen LogP contribution >= 0.6 is 24.0 Å². The Morgan fingerprint density at radius 3 is 2.95 bits per heavy atom. The van der Waals surface area contributed by atoms with E-state index < -0.39 is 0 Å². The van der Waals surface area contributed by atoms with Crippen molar-refractivity contribution < 1.29 is 4.39 Å². The normalized spacial score (nSPS) is 20.1. The average Bonchev–Trinajstić information content (AvgIpc) is 2.38. The van der Waals surface area contributed by atoms with Gasteiger partial charge in [-0.25, -0.2) is 4.39 Å². The monoisotopic (exact) mass is 306 g/mol. The number of likely N-dealkylation sites (N-methyl/N-ethyl adjacent to an activating group) is 1. The van der Waals surface area contributed by atoms with E-state index in [1.54, 1.807) is 12.1 Å². The van der Waals surface area contributed by atoms with Crippen LogP contribution < -0.4 is 5.32 Å². The Morgan fingerprint density at radius 1 is 1.47 bits per heavy atom. The smallest absolute Gasteiger partial charge is 0.127 e. The second-order valence-corrected chi connectivity index (χ2v) is 5.29. The minimum absolute atomic E-state index is 0. The molecule has 5 heteroatoms. The molecule has 1 saturated heterocycles. The van der Waals surface area contributed by atoms with Crippen molar-refractivity contribution >= 4 is 24.0 Å². The van der Waals surface area contributed by atoms with Gasteiger partial charge in [0.25, 0.3) is 0 Å². The van der Waals surface area contributed by atoms with E-state index in [1.807, 2.05) is 7.05 Å². The van der Waals surface area contributed by atoms with E-state index in [1.165, 1.54) is 18.9 Å². The van der Waals surface area contributed by atoms with Crippen molar-refractivity contribution in [3.63, 3.8) is 0 Å². The lowest BCUT2D eigenvalue weighted by Crippen LogP contribution is -2.45. The Bertz CT molecular complexity index is 381. The maximum Gasteiger partial charge on any atom is 0.127 e. The Labute approximate surface area is 125 Å². The molecule has 0 radical (unpaired) electrons. The van der Waals surface area contributed by atoms with Gasteiger partial charge in [0.05, 0.1) is 0 Å². The highest BCUT2D eigenvalue weighted by molar-refractivity contribution is 6.31. The lowest BCUT2D eigenvalue weighted by Gasteiger charge is -2.32. The molecular formula is C14H21Cl2FN2. The lowest BCUT2D eigenvalue weighted by molar-refractivity contribution is 0.197. The van der Waals surface area contributed by atoms with Crippen LogP contribution in [0.5, 0.6) is 0 Å². The molecule has 0 aromatic heterocycles. The van der Waals surface area contributed by atoms with E-state index in [4.69, 9.17) is 11.6 Å². The van der Waals surface area contributed by atoms with Gasteiger partial charge < -0.3 is 10.2 Å². The molecule has 0 saturated carbocycles. The second-order valence-electron chi connectivity index (χ2n) is 4.88. The highest BCUT2D eigenvalue weighted by atomic mass is 35.5. The van der Waals surface area contributed by atoms with Gasteiger partial charge in [0.2, 0.25) is 0 Å². The number of piperidine rings is 1. The largest absolute Gasteiger partial charge is 0.316 e. The van der Waals surface area contributed by atoms with Gasteiger partial charge >= 0.3 is 0 Å². The third kappa shape index (κ3) is 4.60. The maximum absolute atomic E-state index is 13.6. The number of likely N-dealkylation sites (tertiary alicyclic amines) is 1. The summed E-state index contributed by atoms with van der Waals surface area (Å²) < 4.78 is 13.6. The van der Waals surface area contributed by atoms with Crippen molar-refractivity contribution in [2.45, 2.75) is 25.3 Å². The zero-order valence-corrected chi connectivity index (χ0v) is 12.7. The molecule has 1 unspecified atom stereocenters. The fourth-order valence-electron chi connectivity index (χ4n) is 2.54. The van der Waals surface area contributed by atoms with Crippen LogP contribution in [-0.4, -0.2) is 37.6 Å². The third-order valence-corrected chi connectivity index (χ3v) is 4.01. The Morgan fingerprint density at radius 2 is 2.26 bits per heavy atom. The zero-order valence-electron chi connectivity index (χ0n) is 11.2. The van der Waals surface area contributed by atoms with Crippen LogP contribution in [0.4, 0.5) is 4.39 Å². The summed E-state index contributed by atoms with van der Waals surface area (Å²) >= 11 is 6.03. The Balaban J connectivity index is 0.00000180. The molecule has 1 N–H and O–H groups in total. The summed E-state index contributed by atoms with van der Waals surface area (Å²) in [4.78, 5) is 2.38. The molecule has 0 amide bonds. The summed E-state index contributed by atoms with van der Waals surface area (Å²) in [5, 5.41) is 3.85. The Hall–Kier alpha value is -0.350. The van der Waals surface area contributed by atoms with Gasteiger partial charge in [-0.15, -0.1) is 12.4 Å². The first-order chi connectivity index (χ1) is 8.70. The summed E-state index contributed by atoms with van der Waals surface area (Å²) in [5.41, 5.74) is 0.644. The number of halogens is 3. The van der Waals surface area contributed by atoms with Crippen molar-refractivity contribution in [1.82, 2.24) is 10.2 Å². The molecule has 1 aliphatic rings. The molecule has 2 nitrogen and oxygen atoms in total. The number of nitrogens with one attached hydrogen (secondary N) is 1. The van der Waals surface area contributed by atoms with Crippen LogP contribution in [-0.2, 0) is 6.42 Å². The molecule has 1 atom stereocenters. The minimum atomic E-state index is -0.190. The van der Waals surface area contributed by atoms with Gasteiger partial charge in [-0.05, 0) is 45.0 Å². The molecule has 2 rings (SSSR count). The summed E-state index contributed by atoms with van der Waals surface area (Å²) in [5.74, 6) is -0.190. The molecule has 1 aliphatic heterocycles. The molecule has 0 aliphatic carbocycles. The summed E-state index contributed by atoms with van der Waals surface area (Å²) in [6.45, 7) is 3.02. The second kappa shape index (κ2) is 8.05. The summed E-state index contributed by atoms with van der Waals surface area (Å²) in [7, 11) is 2.00. The highest BCUT2D eigenvalue weighted by Gasteiger charge is 2.18. The van der Waals surface area contributed by atoms with Crippen LogP contribution in [0.2, 0.25) is 5.02 Å². The number of benzene rings is 1. The van der Waals surface area contributed by atoms with Crippen molar-refractivity contribution in [3.8, 4) is 0 Å². The predicted molar refractivity (Wildman–Crippen MR) is 80.9 cm³/mol. The van der Waals surface area contributed by atoms with Crippen molar-refractivity contribution in [2.24, 2.45) is 0 Å². The van der Waals surface area contributed by atoms with Crippen LogP contribution in [0, 0.1) is 5.82 Å². The topological polar surface area (TPSA) is 15.3 Å². The first kappa shape index (κ1) is 16.7. The van der Waals surface area contributed by atoms with E-state index in [0.29, 0.717) is 23.0 Å². The van der Waals surface area contributed by atoms with Crippen LogP contribution in [0.3, 0.4) is 0 Å². The van der Waals surface area contributed by atoms with Crippen LogP contribution in [0.15, 0.2) is 18.2 Å². The van der Waals surface area contributed by atoms with E-state index >= 15 is 0 Å². The van der Waals surface area contributed by atoms with Crippen molar-refractivity contribution in [2.75, 3.05) is 26.7 Å². The summed E-state index contributed by atoms with van der Waals surface area (Å²) in [6.07, 6.45) is 3.12. The number of hydrogen-bond acceptors (Lipinski definition) is 2. The number of hydrogen-bond donors (Lipinski definition) is 1. The maximum atomic E-state index is 13.6. The van der Waals surface area contributed by atoms with E-state index in [2.05, 4.69) is 10.2 Å². The average molecular weight is 307 g/mol.